The zero-order valence-corrected chi connectivity index (χ0v) is 10.5. The van der Waals surface area contributed by atoms with E-state index in [0.29, 0.717) is 11.8 Å². The largest absolute Gasteiger partial charge is 0.342 e. The molecule has 4 heteroatoms. The van der Waals surface area contributed by atoms with Crippen LogP contribution in [0.4, 0.5) is 0 Å². The van der Waals surface area contributed by atoms with Crippen LogP contribution in [-0.4, -0.2) is 34.8 Å². The highest BCUT2D eigenvalue weighted by Crippen LogP contribution is 2.44. The molecule has 0 aromatic heterocycles. The van der Waals surface area contributed by atoms with E-state index in [-0.39, 0.29) is 29.9 Å². The van der Waals surface area contributed by atoms with Crippen molar-refractivity contribution >= 4 is 11.8 Å². The molecule has 1 atom stereocenters. The van der Waals surface area contributed by atoms with E-state index < -0.39 is 0 Å². The minimum absolute atomic E-state index is 0.00947. The number of piperazine rings is 1. The van der Waals surface area contributed by atoms with E-state index >= 15 is 0 Å². The zero-order valence-electron chi connectivity index (χ0n) is 10.5. The maximum Gasteiger partial charge on any atom is 0.246 e. The molecule has 3 aliphatic rings. The second-order valence-corrected chi connectivity index (χ2v) is 6.23. The number of amides is 2. The summed E-state index contributed by atoms with van der Waals surface area (Å²) in [6, 6.07) is -0.241. The standard InChI is InChI=1S/C13H20N2O2/c1-13(2,9-5-6-9)15-7-10(16)14-11(12(15)17)8-3-4-8/h8-9,11H,3-7H2,1-2H3,(H,14,16). The molecule has 2 aliphatic carbocycles. The summed E-state index contributed by atoms with van der Waals surface area (Å²) < 4.78 is 0. The molecule has 0 radical (unpaired) electrons. The Labute approximate surface area is 102 Å². The van der Waals surface area contributed by atoms with Crippen LogP contribution in [0, 0.1) is 11.8 Å². The zero-order chi connectivity index (χ0) is 12.2. The Hall–Kier alpha value is -1.06. The summed E-state index contributed by atoms with van der Waals surface area (Å²) in [6.07, 6.45) is 4.53. The van der Waals surface area contributed by atoms with Crippen molar-refractivity contribution in [3.63, 3.8) is 0 Å². The first kappa shape index (κ1) is 11.1. The lowest BCUT2D eigenvalue weighted by Crippen LogP contribution is -2.64. The Kier molecular flexibility index (Phi) is 2.25. The fourth-order valence-electron chi connectivity index (χ4n) is 2.92. The molecule has 0 spiro atoms. The highest BCUT2D eigenvalue weighted by molar-refractivity contribution is 5.95. The van der Waals surface area contributed by atoms with Gasteiger partial charge in [0.25, 0.3) is 0 Å². The molecule has 2 saturated carbocycles. The van der Waals surface area contributed by atoms with E-state index in [1.165, 1.54) is 12.8 Å². The van der Waals surface area contributed by atoms with Gasteiger partial charge < -0.3 is 10.2 Å². The number of hydrogen-bond acceptors (Lipinski definition) is 2. The second-order valence-electron chi connectivity index (χ2n) is 6.23. The molecule has 1 aliphatic heterocycles. The van der Waals surface area contributed by atoms with Gasteiger partial charge in [-0.15, -0.1) is 0 Å². The molecule has 0 bridgehead atoms. The molecule has 3 rings (SSSR count). The number of hydrogen-bond donors (Lipinski definition) is 1. The monoisotopic (exact) mass is 236 g/mol. The van der Waals surface area contributed by atoms with Gasteiger partial charge in [-0.25, -0.2) is 0 Å². The third-order valence-corrected chi connectivity index (χ3v) is 4.52. The second kappa shape index (κ2) is 3.47. The number of nitrogens with zero attached hydrogens (tertiary/aromatic N) is 1. The van der Waals surface area contributed by atoms with Gasteiger partial charge >= 0.3 is 0 Å². The van der Waals surface area contributed by atoms with E-state index in [9.17, 15) is 9.59 Å². The first-order chi connectivity index (χ1) is 8.00. The Morgan fingerprint density at radius 2 is 1.82 bits per heavy atom. The first-order valence-electron chi connectivity index (χ1n) is 6.61. The number of carbonyl (C=O) groups excluding carboxylic acids is 2. The highest BCUT2D eigenvalue weighted by Gasteiger charge is 2.50. The number of carbonyl (C=O) groups is 2. The van der Waals surface area contributed by atoms with Gasteiger partial charge in [-0.1, -0.05) is 0 Å². The maximum absolute atomic E-state index is 12.4. The SMILES string of the molecule is CC(C)(C1CC1)N1CC(=O)NC(C2CC2)C1=O. The first-order valence-corrected chi connectivity index (χ1v) is 6.61. The Balaban J connectivity index is 1.82. The van der Waals surface area contributed by atoms with Crippen LogP contribution in [0.1, 0.15) is 39.5 Å². The number of nitrogens with one attached hydrogen (secondary N) is 1. The van der Waals surface area contributed by atoms with Crippen molar-refractivity contribution in [3.8, 4) is 0 Å². The van der Waals surface area contributed by atoms with Crippen LogP contribution >= 0.6 is 0 Å². The third kappa shape index (κ3) is 1.83. The van der Waals surface area contributed by atoms with Crippen molar-refractivity contribution in [1.29, 1.82) is 0 Å². The van der Waals surface area contributed by atoms with E-state index in [1.54, 1.807) is 0 Å². The molecule has 4 nitrogen and oxygen atoms in total. The average molecular weight is 236 g/mol. The molecule has 1 N–H and O–H groups in total. The number of rotatable bonds is 3. The van der Waals surface area contributed by atoms with E-state index in [0.717, 1.165) is 12.8 Å². The van der Waals surface area contributed by atoms with Gasteiger partial charge in [0, 0.05) is 5.54 Å². The van der Waals surface area contributed by atoms with Crippen molar-refractivity contribution in [3.05, 3.63) is 0 Å². The summed E-state index contributed by atoms with van der Waals surface area (Å²) in [5, 5.41) is 2.86. The van der Waals surface area contributed by atoms with Crippen LogP contribution in [0.25, 0.3) is 0 Å². The van der Waals surface area contributed by atoms with Crippen molar-refractivity contribution < 1.29 is 9.59 Å². The van der Waals surface area contributed by atoms with Gasteiger partial charge in [0.05, 0.1) is 0 Å². The summed E-state index contributed by atoms with van der Waals surface area (Å²) in [6.45, 7) is 4.45. The Morgan fingerprint density at radius 1 is 1.18 bits per heavy atom. The molecule has 3 fully saturated rings. The average Bonchev–Trinajstić information content (AvgIpc) is 3.14. The van der Waals surface area contributed by atoms with E-state index in [4.69, 9.17) is 0 Å². The lowest BCUT2D eigenvalue weighted by atomic mass is 9.93. The lowest BCUT2D eigenvalue weighted by Gasteiger charge is -2.43. The molecular weight excluding hydrogens is 216 g/mol. The fraction of sp³-hybridized carbons (Fsp3) is 0.846. The van der Waals surface area contributed by atoms with Gasteiger partial charge in [-0.3, -0.25) is 9.59 Å². The topological polar surface area (TPSA) is 49.4 Å². The van der Waals surface area contributed by atoms with Crippen LogP contribution in [0.5, 0.6) is 0 Å². The van der Waals surface area contributed by atoms with Crippen LogP contribution in [0.2, 0.25) is 0 Å². The highest BCUT2D eigenvalue weighted by atomic mass is 16.2. The van der Waals surface area contributed by atoms with Gasteiger partial charge in [0.1, 0.15) is 12.6 Å². The van der Waals surface area contributed by atoms with Crippen molar-refractivity contribution in [2.75, 3.05) is 6.54 Å². The molecule has 94 valence electrons. The Morgan fingerprint density at radius 3 is 2.35 bits per heavy atom. The quantitative estimate of drug-likeness (QED) is 0.792. The summed E-state index contributed by atoms with van der Waals surface area (Å²) in [7, 11) is 0. The molecular formula is C13H20N2O2. The van der Waals surface area contributed by atoms with Crippen LogP contribution < -0.4 is 5.32 Å². The summed E-state index contributed by atoms with van der Waals surface area (Å²) in [5.41, 5.74) is -0.151. The van der Waals surface area contributed by atoms with Crippen LogP contribution in [0.3, 0.4) is 0 Å². The third-order valence-electron chi connectivity index (χ3n) is 4.52. The molecule has 0 aromatic rings. The van der Waals surface area contributed by atoms with Crippen LogP contribution in [0.15, 0.2) is 0 Å². The fourth-order valence-corrected chi connectivity index (χ4v) is 2.92. The smallest absolute Gasteiger partial charge is 0.246 e. The lowest BCUT2D eigenvalue weighted by molar-refractivity contribution is -0.151. The predicted octanol–water partition coefficient (Wildman–Crippen LogP) is 0.912. The van der Waals surface area contributed by atoms with Gasteiger partial charge in [0.15, 0.2) is 0 Å². The van der Waals surface area contributed by atoms with Crippen LogP contribution in [-0.2, 0) is 9.59 Å². The van der Waals surface area contributed by atoms with Crippen molar-refractivity contribution in [2.45, 2.75) is 51.1 Å². The predicted molar refractivity (Wildman–Crippen MR) is 63.2 cm³/mol. The summed E-state index contributed by atoms with van der Waals surface area (Å²) in [5.74, 6) is 1.13. The molecule has 2 amide bonds. The van der Waals surface area contributed by atoms with Gasteiger partial charge in [0.2, 0.25) is 11.8 Å². The van der Waals surface area contributed by atoms with Gasteiger partial charge in [-0.2, -0.15) is 0 Å². The minimum Gasteiger partial charge on any atom is -0.342 e. The maximum atomic E-state index is 12.4. The van der Waals surface area contributed by atoms with E-state index in [2.05, 4.69) is 19.2 Å². The normalized spacial score (nSPS) is 30.5. The molecule has 0 aromatic carbocycles. The summed E-state index contributed by atoms with van der Waals surface area (Å²) in [4.78, 5) is 26.0. The molecule has 1 heterocycles. The molecule has 1 unspecified atom stereocenters. The molecule has 17 heavy (non-hydrogen) atoms. The van der Waals surface area contributed by atoms with Crippen molar-refractivity contribution in [2.24, 2.45) is 11.8 Å². The van der Waals surface area contributed by atoms with Gasteiger partial charge in [-0.05, 0) is 51.4 Å². The Bertz CT molecular complexity index is 370. The van der Waals surface area contributed by atoms with Crippen molar-refractivity contribution in [1.82, 2.24) is 10.2 Å². The summed E-state index contributed by atoms with van der Waals surface area (Å²) >= 11 is 0. The van der Waals surface area contributed by atoms with E-state index in [1.807, 2.05) is 4.90 Å². The minimum atomic E-state index is -0.241. The molecule has 1 saturated heterocycles.